The molecule has 1 N–H and O–H groups in total. The average molecular weight is 381 g/mol. The minimum absolute atomic E-state index is 0.206. The zero-order chi connectivity index (χ0) is 20.7. The average Bonchev–Trinajstić information content (AvgIpc) is 2.66. The van der Waals surface area contributed by atoms with Crippen molar-refractivity contribution >= 4 is 29.9 Å². The summed E-state index contributed by atoms with van der Waals surface area (Å²) >= 11 is 0. The van der Waals surface area contributed by atoms with Crippen LogP contribution in [0.3, 0.4) is 0 Å². The van der Waals surface area contributed by atoms with E-state index in [4.69, 9.17) is 14.2 Å². The number of hydrogen-bond donors (Lipinski definition) is 1. The first-order chi connectivity index (χ1) is 13.4. The fraction of sp³-hybridized carbons (Fsp3) is 0.182. The number of rotatable bonds is 6. The summed E-state index contributed by atoms with van der Waals surface area (Å²) in [5.41, 5.74) is 0.930. The van der Waals surface area contributed by atoms with Gasteiger partial charge < -0.3 is 19.5 Å². The van der Waals surface area contributed by atoms with E-state index in [1.807, 2.05) is 13.0 Å². The van der Waals surface area contributed by atoms with Crippen LogP contribution in [-0.2, 0) is 9.53 Å². The maximum absolute atomic E-state index is 11.9. The molecule has 0 saturated carbocycles. The Kier molecular flexibility index (Phi) is 6.98. The van der Waals surface area contributed by atoms with E-state index in [-0.39, 0.29) is 5.91 Å². The fourth-order valence-electron chi connectivity index (χ4n) is 2.53. The summed E-state index contributed by atoms with van der Waals surface area (Å²) in [5.74, 6) is 0.816. The molecule has 2 aromatic rings. The lowest BCUT2D eigenvalue weighted by molar-refractivity contribution is -0.114. The van der Waals surface area contributed by atoms with Gasteiger partial charge in [0.25, 0.3) is 0 Å². The molecule has 0 spiro atoms. The number of methoxy groups -OCH3 is 2. The number of benzene rings is 2. The smallest absolute Gasteiger partial charge is 0.337 e. The predicted molar refractivity (Wildman–Crippen MR) is 109 cm³/mol. The van der Waals surface area contributed by atoms with Gasteiger partial charge in [-0.3, -0.25) is 4.79 Å². The zero-order valence-corrected chi connectivity index (χ0v) is 16.4. The molecule has 0 unspecified atom stereocenters. The zero-order valence-electron chi connectivity index (χ0n) is 16.4. The van der Waals surface area contributed by atoms with Gasteiger partial charge in [0.05, 0.1) is 19.8 Å². The van der Waals surface area contributed by atoms with Gasteiger partial charge in [-0.05, 0) is 30.4 Å². The van der Waals surface area contributed by atoms with Crippen molar-refractivity contribution in [3.63, 3.8) is 0 Å². The lowest BCUT2D eigenvalue weighted by Crippen LogP contribution is -2.28. The van der Waals surface area contributed by atoms with Gasteiger partial charge >= 0.3 is 5.97 Å². The van der Waals surface area contributed by atoms with Crippen LogP contribution in [-0.4, -0.2) is 26.1 Å². The van der Waals surface area contributed by atoms with Crippen LogP contribution in [0, 0.1) is 0 Å². The molecule has 0 fully saturated rings. The van der Waals surface area contributed by atoms with Crippen LogP contribution in [0.5, 0.6) is 11.5 Å². The van der Waals surface area contributed by atoms with Crippen molar-refractivity contribution in [2.75, 3.05) is 19.5 Å². The van der Waals surface area contributed by atoms with Gasteiger partial charge in [0.2, 0.25) is 5.91 Å². The topological polar surface area (TPSA) is 73.9 Å². The van der Waals surface area contributed by atoms with Crippen LogP contribution in [0.25, 0.3) is 12.3 Å². The summed E-state index contributed by atoms with van der Waals surface area (Å²) in [6.45, 7) is 7.29. The molecule has 0 aliphatic carbocycles. The molecule has 0 aliphatic rings. The Morgan fingerprint density at radius 2 is 1.79 bits per heavy atom. The minimum atomic E-state index is -0.449. The van der Waals surface area contributed by atoms with E-state index in [1.165, 1.54) is 21.1 Å². The maximum Gasteiger partial charge on any atom is 0.337 e. The lowest BCUT2D eigenvalue weighted by Gasteiger charge is -2.12. The van der Waals surface area contributed by atoms with Crippen molar-refractivity contribution < 1.29 is 23.8 Å². The van der Waals surface area contributed by atoms with Crippen LogP contribution in [0.15, 0.2) is 48.6 Å². The Balaban J connectivity index is 2.60. The highest BCUT2D eigenvalue weighted by Gasteiger charge is 2.09. The molecule has 6 heteroatoms. The number of amides is 1. The minimum Gasteiger partial charge on any atom is -0.497 e. The van der Waals surface area contributed by atoms with E-state index >= 15 is 0 Å². The standard InChI is InChI=1S/C22H23NO5/c1-6-7-21(20-10-16(22(25)27-5)9-8-14(20)2)28-19-12-17(23-15(3)24)11-18(13-19)26-4/h6-13H,2H2,1,3-5H3,(H,23,24)/b7-6-,21-20+. The van der Waals surface area contributed by atoms with Crippen molar-refractivity contribution in [2.24, 2.45) is 0 Å². The fourth-order valence-corrected chi connectivity index (χ4v) is 2.53. The monoisotopic (exact) mass is 381 g/mol. The summed E-state index contributed by atoms with van der Waals surface area (Å²) in [5, 5.41) is 4.04. The normalized spacial score (nSPS) is 11.7. The number of hydrogen-bond acceptors (Lipinski definition) is 5. The van der Waals surface area contributed by atoms with Crippen LogP contribution in [0.2, 0.25) is 0 Å². The van der Waals surface area contributed by atoms with Gasteiger partial charge in [-0.2, -0.15) is 0 Å². The molecule has 0 bridgehead atoms. The number of carbonyl (C=O) groups is 2. The Hall–Kier alpha value is -3.54. The van der Waals surface area contributed by atoms with E-state index in [9.17, 15) is 9.59 Å². The molecule has 1 amide bonds. The van der Waals surface area contributed by atoms with E-state index < -0.39 is 5.97 Å². The van der Waals surface area contributed by atoms with Gasteiger partial charge in [-0.1, -0.05) is 18.7 Å². The SMILES string of the molecule is C=c1ccc(C(=O)OC)c/c1=C(/C=C\C)Oc1cc(NC(C)=O)cc(OC)c1. The van der Waals surface area contributed by atoms with Gasteiger partial charge in [-0.25, -0.2) is 4.79 Å². The second-order valence-corrected chi connectivity index (χ2v) is 5.91. The lowest BCUT2D eigenvalue weighted by atomic mass is 10.1. The van der Waals surface area contributed by atoms with Gasteiger partial charge in [0.1, 0.15) is 17.3 Å². The van der Waals surface area contributed by atoms with E-state index in [0.29, 0.717) is 38.9 Å². The summed E-state index contributed by atoms with van der Waals surface area (Å²) in [7, 11) is 2.86. The molecule has 0 radical (unpaired) electrons. The second kappa shape index (κ2) is 9.41. The first-order valence-corrected chi connectivity index (χ1v) is 8.56. The molecule has 6 nitrogen and oxygen atoms in total. The number of esters is 1. The van der Waals surface area contributed by atoms with Crippen LogP contribution < -0.4 is 25.2 Å². The highest BCUT2D eigenvalue weighted by Crippen LogP contribution is 2.27. The Labute approximate surface area is 163 Å². The van der Waals surface area contributed by atoms with Crippen LogP contribution in [0.1, 0.15) is 24.2 Å². The van der Waals surface area contributed by atoms with Gasteiger partial charge in [0, 0.05) is 36.0 Å². The first-order valence-electron chi connectivity index (χ1n) is 8.56. The molecule has 146 valence electrons. The summed E-state index contributed by atoms with van der Waals surface area (Å²) in [6.07, 6.45) is 3.58. The van der Waals surface area contributed by atoms with E-state index in [0.717, 1.165) is 0 Å². The summed E-state index contributed by atoms with van der Waals surface area (Å²) < 4.78 is 16.1. The molecule has 0 saturated heterocycles. The number of allylic oxidation sites excluding steroid dienone is 1. The predicted octanol–water partition coefficient (Wildman–Crippen LogP) is 2.61. The molecular formula is C22H23NO5. The number of ether oxygens (including phenoxy) is 3. The highest BCUT2D eigenvalue weighted by molar-refractivity contribution is 5.90. The number of anilines is 1. The molecule has 0 heterocycles. The summed E-state index contributed by atoms with van der Waals surface area (Å²) in [4.78, 5) is 23.3. The third kappa shape index (κ3) is 5.23. The molecule has 2 rings (SSSR count). The van der Waals surface area contributed by atoms with Crippen molar-refractivity contribution in [2.45, 2.75) is 13.8 Å². The van der Waals surface area contributed by atoms with Gasteiger partial charge in [0.15, 0.2) is 0 Å². The largest absolute Gasteiger partial charge is 0.497 e. The van der Waals surface area contributed by atoms with Gasteiger partial charge in [-0.15, -0.1) is 0 Å². The third-order valence-electron chi connectivity index (χ3n) is 3.78. The number of nitrogens with one attached hydrogen (secondary N) is 1. The summed E-state index contributed by atoms with van der Waals surface area (Å²) in [6, 6.07) is 10.1. The molecule has 0 atom stereocenters. The van der Waals surface area contributed by atoms with Crippen molar-refractivity contribution in [1.82, 2.24) is 0 Å². The third-order valence-corrected chi connectivity index (χ3v) is 3.78. The van der Waals surface area contributed by atoms with Crippen LogP contribution in [0.4, 0.5) is 5.69 Å². The number of carbonyl (C=O) groups excluding carboxylic acids is 2. The van der Waals surface area contributed by atoms with Crippen molar-refractivity contribution in [3.8, 4) is 11.5 Å². The first kappa shape index (κ1) is 20.8. The molecule has 2 aromatic carbocycles. The van der Waals surface area contributed by atoms with Crippen molar-refractivity contribution in [3.05, 3.63) is 64.6 Å². The van der Waals surface area contributed by atoms with Crippen molar-refractivity contribution in [1.29, 1.82) is 0 Å². The quantitative estimate of drug-likeness (QED) is 0.779. The highest BCUT2D eigenvalue weighted by atomic mass is 16.5. The second-order valence-electron chi connectivity index (χ2n) is 5.91. The molecule has 0 aromatic heterocycles. The van der Waals surface area contributed by atoms with Crippen LogP contribution >= 0.6 is 0 Å². The van der Waals surface area contributed by atoms with E-state index in [2.05, 4.69) is 11.9 Å². The Morgan fingerprint density at radius 3 is 2.39 bits per heavy atom. The Morgan fingerprint density at radius 1 is 1.07 bits per heavy atom. The maximum atomic E-state index is 11.9. The Bertz CT molecular complexity index is 1020. The van der Waals surface area contributed by atoms with E-state index in [1.54, 1.807) is 42.5 Å². The molecule has 28 heavy (non-hydrogen) atoms. The molecule has 0 aliphatic heterocycles. The molecular weight excluding hydrogens is 358 g/mol.